The average Bonchev–Trinajstić information content (AvgIpc) is 2.31. The lowest BCUT2D eigenvalue weighted by Crippen LogP contribution is -2.04. The maximum absolute atomic E-state index is 13.0. The van der Waals surface area contributed by atoms with Crippen LogP contribution in [0.15, 0.2) is 42.5 Å². The summed E-state index contributed by atoms with van der Waals surface area (Å²) in [5, 5.41) is 3.11. The highest BCUT2D eigenvalue weighted by Crippen LogP contribution is 2.24. The average molecular weight is 229 g/mol. The van der Waals surface area contributed by atoms with Gasteiger partial charge in [-0.3, -0.25) is 0 Å². The summed E-state index contributed by atoms with van der Waals surface area (Å²) in [5.74, 6) is -0.182. The first kappa shape index (κ1) is 11.8. The van der Waals surface area contributed by atoms with Gasteiger partial charge in [0.25, 0.3) is 0 Å². The number of hydrogen-bond acceptors (Lipinski definition) is 1. The number of hydrogen-bond donors (Lipinski definition) is 1. The van der Waals surface area contributed by atoms with Gasteiger partial charge in [-0.1, -0.05) is 30.3 Å². The monoisotopic (exact) mass is 229 g/mol. The fraction of sp³-hybridized carbons (Fsp3) is 0.200. The van der Waals surface area contributed by atoms with Crippen molar-refractivity contribution in [2.75, 3.05) is 7.05 Å². The van der Waals surface area contributed by atoms with Crippen molar-refractivity contribution < 1.29 is 4.39 Å². The molecule has 1 N–H and O–H groups in total. The lowest BCUT2D eigenvalue weighted by molar-refractivity contribution is 0.627. The van der Waals surface area contributed by atoms with Gasteiger partial charge in [-0.2, -0.15) is 0 Å². The van der Waals surface area contributed by atoms with Crippen molar-refractivity contribution >= 4 is 0 Å². The normalized spacial score (nSPS) is 10.5. The molecule has 0 spiro atoms. The third-order valence-corrected chi connectivity index (χ3v) is 2.83. The maximum atomic E-state index is 13.0. The van der Waals surface area contributed by atoms with Gasteiger partial charge in [0.15, 0.2) is 0 Å². The van der Waals surface area contributed by atoms with Crippen molar-refractivity contribution in [2.24, 2.45) is 0 Å². The van der Waals surface area contributed by atoms with Gasteiger partial charge in [0.05, 0.1) is 0 Å². The molecule has 0 amide bonds. The summed E-state index contributed by atoms with van der Waals surface area (Å²) in [6.07, 6.45) is 0. The number of benzene rings is 2. The molecule has 0 bridgehead atoms. The van der Waals surface area contributed by atoms with Crippen molar-refractivity contribution in [3.8, 4) is 11.1 Å². The highest BCUT2D eigenvalue weighted by molar-refractivity contribution is 5.67. The molecule has 0 aliphatic carbocycles. The third kappa shape index (κ3) is 2.71. The summed E-state index contributed by atoms with van der Waals surface area (Å²) in [5.41, 5.74) is 4.42. The predicted octanol–water partition coefficient (Wildman–Crippen LogP) is 3.52. The Balaban J connectivity index is 2.33. The Morgan fingerprint density at radius 3 is 2.35 bits per heavy atom. The van der Waals surface area contributed by atoms with Gasteiger partial charge < -0.3 is 5.32 Å². The highest BCUT2D eigenvalue weighted by atomic mass is 19.1. The van der Waals surface area contributed by atoms with Gasteiger partial charge >= 0.3 is 0 Å². The van der Waals surface area contributed by atoms with Crippen molar-refractivity contribution in [1.82, 2.24) is 5.32 Å². The van der Waals surface area contributed by atoms with Crippen molar-refractivity contribution in [2.45, 2.75) is 13.5 Å². The maximum Gasteiger partial charge on any atom is 0.123 e. The van der Waals surface area contributed by atoms with Crippen LogP contribution in [0.3, 0.4) is 0 Å². The summed E-state index contributed by atoms with van der Waals surface area (Å²) in [6, 6.07) is 13.2. The van der Waals surface area contributed by atoms with Crippen LogP contribution in [0.2, 0.25) is 0 Å². The summed E-state index contributed by atoms with van der Waals surface area (Å²) < 4.78 is 13.0. The van der Waals surface area contributed by atoms with Crippen LogP contribution in [0.5, 0.6) is 0 Å². The quantitative estimate of drug-likeness (QED) is 0.849. The summed E-state index contributed by atoms with van der Waals surface area (Å²) in [4.78, 5) is 0. The van der Waals surface area contributed by atoms with E-state index in [4.69, 9.17) is 0 Å². The molecule has 2 rings (SSSR count). The Kier molecular flexibility index (Phi) is 3.55. The van der Waals surface area contributed by atoms with Crippen LogP contribution in [0, 0.1) is 12.7 Å². The van der Waals surface area contributed by atoms with Crippen molar-refractivity contribution in [3.63, 3.8) is 0 Å². The Morgan fingerprint density at radius 2 is 1.76 bits per heavy atom. The van der Waals surface area contributed by atoms with Gasteiger partial charge in [0.1, 0.15) is 5.82 Å². The molecule has 0 aliphatic rings. The topological polar surface area (TPSA) is 12.0 Å². The van der Waals surface area contributed by atoms with Crippen LogP contribution in [-0.2, 0) is 6.54 Å². The van der Waals surface area contributed by atoms with E-state index >= 15 is 0 Å². The fourth-order valence-corrected chi connectivity index (χ4v) is 1.96. The van der Waals surface area contributed by atoms with E-state index in [0.717, 1.165) is 23.2 Å². The smallest absolute Gasteiger partial charge is 0.123 e. The SMILES string of the molecule is CNCc1ccc(-c2ccc(F)cc2C)cc1. The minimum atomic E-state index is -0.182. The molecule has 2 aromatic rings. The second kappa shape index (κ2) is 5.11. The molecule has 0 saturated heterocycles. The fourth-order valence-electron chi connectivity index (χ4n) is 1.96. The molecule has 0 saturated carbocycles. The molecule has 0 aliphatic heterocycles. The number of rotatable bonds is 3. The number of halogens is 1. The molecule has 0 aromatic heterocycles. The highest BCUT2D eigenvalue weighted by Gasteiger charge is 2.02. The zero-order valence-corrected chi connectivity index (χ0v) is 10.1. The Labute approximate surface area is 101 Å². The zero-order chi connectivity index (χ0) is 12.3. The van der Waals surface area contributed by atoms with E-state index in [9.17, 15) is 4.39 Å². The first-order chi connectivity index (χ1) is 8.20. The second-order valence-corrected chi connectivity index (χ2v) is 4.19. The molecular formula is C15H16FN. The van der Waals surface area contributed by atoms with Crippen LogP contribution in [0.25, 0.3) is 11.1 Å². The minimum absolute atomic E-state index is 0.182. The number of nitrogens with one attached hydrogen (secondary N) is 1. The van der Waals surface area contributed by atoms with Crippen LogP contribution >= 0.6 is 0 Å². The van der Waals surface area contributed by atoms with E-state index < -0.39 is 0 Å². The largest absolute Gasteiger partial charge is 0.316 e. The van der Waals surface area contributed by atoms with Gasteiger partial charge in [-0.15, -0.1) is 0 Å². The van der Waals surface area contributed by atoms with E-state index in [-0.39, 0.29) is 5.82 Å². The lowest BCUT2D eigenvalue weighted by Gasteiger charge is -2.07. The Morgan fingerprint density at radius 1 is 1.06 bits per heavy atom. The summed E-state index contributed by atoms with van der Waals surface area (Å²) >= 11 is 0. The van der Waals surface area contributed by atoms with E-state index in [1.807, 2.05) is 20.0 Å². The molecule has 1 nitrogen and oxygen atoms in total. The Bertz CT molecular complexity index is 503. The molecule has 0 heterocycles. The molecule has 0 radical (unpaired) electrons. The first-order valence-corrected chi connectivity index (χ1v) is 5.71. The second-order valence-electron chi connectivity index (χ2n) is 4.19. The van der Waals surface area contributed by atoms with Gasteiger partial charge in [0, 0.05) is 6.54 Å². The standard InChI is InChI=1S/C15H16FN/c1-11-9-14(16)7-8-15(11)13-5-3-12(4-6-13)10-17-2/h3-9,17H,10H2,1-2H3. The Hall–Kier alpha value is -1.67. The molecule has 2 heteroatoms. The summed E-state index contributed by atoms with van der Waals surface area (Å²) in [6.45, 7) is 2.79. The molecule has 0 atom stereocenters. The molecule has 2 aromatic carbocycles. The molecule has 17 heavy (non-hydrogen) atoms. The van der Waals surface area contributed by atoms with Gasteiger partial charge in [-0.05, 0) is 48.4 Å². The zero-order valence-electron chi connectivity index (χ0n) is 10.1. The first-order valence-electron chi connectivity index (χ1n) is 5.71. The van der Waals surface area contributed by atoms with Crippen LogP contribution < -0.4 is 5.32 Å². The minimum Gasteiger partial charge on any atom is -0.316 e. The third-order valence-electron chi connectivity index (χ3n) is 2.83. The molecule has 88 valence electrons. The van der Waals surface area contributed by atoms with Gasteiger partial charge in [-0.25, -0.2) is 4.39 Å². The van der Waals surface area contributed by atoms with Crippen molar-refractivity contribution in [3.05, 3.63) is 59.4 Å². The molecule has 0 unspecified atom stereocenters. The van der Waals surface area contributed by atoms with Crippen molar-refractivity contribution in [1.29, 1.82) is 0 Å². The predicted molar refractivity (Wildman–Crippen MR) is 69.3 cm³/mol. The number of aryl methyl sites for hydroxylation is 1. The molecular weight excluding hydrogens is 213 g/mol. The van der Waals surface area contributed by atoms with Gasteiger partial charge in [0.2, 0.25) is 0 Å². The van der Waals surface area contributed by atoms with Crippen LogP contribution in [0.4, 0.5) is 4.39 Å². The van der Waals surface area contributed by atoms with E-state index in [2.05, 4.69) is 29.6 Å². The van der Waals surface area contributed by atoms with E-state index in [1.54, 1.807) is 6.07 Å². The lowest BCUT2D eigenvalue weighted by atomic mass is 9.99. The van der Waals surface area contributed by atoms with Crippen LogP contribution in [0.1, 0.15) is 11.1 Å². The molecule has 0 fully saturated rings. The van der Waals surface area contributed by atoms with E-state index in [0.29, 0.717) is 0 Å². The van der Waals surface area contributed by atoms with Crippen LogP contribution in [-0.4, -0.2) is 7.05 Å². The summed E-state index contributed by atoms with van der Waals surface area (Å²) in [7, 11) is 1.93. The van der Waals surface area contributed by atoms with E-state index in [1.165, 1.54) is 11.6 Å².